The number of aromatic carboxylic acids is 1. The van der Waals surface area contributed by atoms with Crippen LogP contribution in [0.4, 0.5) is 0 Å². The molecule has 0 unspecified atom stereocenters. The molecule has 0 radical (unpaired) electrons. The Morgan fingerprint density at radius 2 is 1.59 bits per heavy atom. The number of hydrogen-bond acceptors (Lipinski definition) is 2. The van der Waals surface area contributed by atoms with Gasteiger partial charge in [0.25, 0.3) is 0 Å². The fourth-order valence-corrected chi connectivity index (χ4v) is 3.34. The molecular weight excluding hydrogens is 334 g/mol. The van der Waals surface area contributed by atoms with E-state index in [1.807, 2.05) is 55.5 Å². The summed E-state index contributed by atoms with van der Waals surface area (Å²) in [6.07, 6.45) is 0.867. The Labute approximate surface area is 157 Å². The molecule has 0 spiro atoms. The molecule has 4 aromatic rings. The standard InChI is InChI=1S/C24H19NO2/c1-16-6-5-9-20-21(24(26)27)15-22(25-23(16)20)19-12-10-18(11-13-19)14-17-7-3-2-4-8-17/h2-13,15H,14H2,1H3,(H,26,27). The number of pyridine rings is 1. The number of carbonyl (C=O) groups is 1. The highest BCUT2D eigenvalue weighted by molar-refractivity contribution is 6.04. The second-order valence-corrected chi connectivity index (χ2v) is 6.69. The summed E-state index contributed by atoms with van der Waals surface area (Å²) in [5, 5.41) is 10.3. The van der Waals surface area contributed by atoms with Crippen LogP contribution in [-0.2, 0) is 6.42 Å². The maximum absolute atomic E-state index is 11.7. The third kappa shape index (κ3) is 3.44. The van der Waals surface area contributed by atoms with E-state index in [0.717, 1.165) is 23.1 Å². The number of hydrogen-bond donors (Lipinski definition) is 1. The summed E-state index contributed by atoms with van der Waals surface area (Å²) in [6.45, 7) is 1.95. The number of benzene rings is 3. The molecule has 1 N–H and O–H groups in total. The first-order valence-electron chi connectivity index (χ1n) is 8.89. The predicted molar refractivity (Wildman–Crippen MR) is 108 cm³/mol. The monoisotopic (exact) mass is 353 g/mol. The zero-order valence-electron chi connectivity index (χ0n) is 15.0. The molecule has 27 heavy (non-hydrogen) atoms. The lowest BCUT2D eigenvalue weighted by Gasteiger charge is -2.10. The molecule has 3 nitrogen and oxygen atoms in total. The molecule has 1 aromatic heterocycles. The van der Waals surface area contributed by atoms with E-state index in [2.05, 4.69) is 24.3 Å². The first-order valence-corrected chi connectivity index (χ1v) is 8.89. The molecule has 0 aliphatic heterocycles. The third-order valence-electron chi connectivity index (χ3n) is 4.77. The lowest BCUT2D eigenvalue weighted by molar-refractivity contribution is 0.0699. The number of carboxylic acid groups (broad SMARTS) is 1. The summed E-state index contributed by atoms with van der Waals surface area (Å²) in [5.74, 6) is -0.935. The van der Waals surface area contributed by atoms with Crippen LogP contribution in [0.1, 0.15) is 27.0 Å². The molecule has 3 aromatic carbocycles. The van der Waals surface area contributed by atoms with Gasteiger partial charge < -0.3 is 5.11 Å². The minimum Gasteiger partial charge on any atom is -0.478 e. The van der Waals surface area contributed by atoms with E-state index in [1.165, 1.54) is 11.1 Å². The van der Waals surface area contributed by atoms with Gasteiger partial charge in [0.05, 0.1) is 16.8 Å². The van der Waals surface area contributed by atoms with Gasteiger partial charge in [-0.25, -0.2) is 9.78 Å². The van der Waals surface area contributed by atoms with Crippen molar-refractivity contribution in [2.75, 3.05) is 0 Å². The van der Waals surface area contributed by atoms with Crippen LogP contribution in [-0.4, -0.2) is 16.1 Å². The topological polar surface area (TPSA) is 50.2 Å². The Bertz CT molecular complexity index is 1120. The number of rotatable bonds is 4. The summed E-state index contributed by atoms with van der Waals surface area (Å²) in [7, 11) is 0. The number of nitrogens with zero attached hydrogens (tertiary/aromatic N) is 1. The molecular formula is C24H19NO2. The molecule has 0 aliphatic rings. The second-order valence-electron chi connectivity index (χ2n) is 6.69. The summed E-state index contributed by atoms with van der Waals surface area (Å²) in [5.41, 5.74) is 6.06. The van der Waals surface area contributed by atoms with Gasteiger partial charge in [0.2, 0.25) is 0 Å². The van der Waals surface area contributed by atoms with E-state index in [1.54, 1.807) is 6.07 Å². The Kier molecular flexibility index (Phi) is 4.43. The smallest absolute Gasteiger partial charge is 0.336 e. The third-order valence-corrected chi connectivity index (χ3v) is 4.77. The Morgan fingerprint density at radius 1 is 0.889 bits per heavy atom. The molecule has 0 bridgehead atoms. The summed E-state index contributed by atoms with van der Waals surface area (Å²) >= 11 is 0. The van der Waals surface area contributed by atoms with Crippen molar-refractivity contribution >= 4 is 16.9 Å². The van der Waals surface area contributed by atoms with Gasteiger partial charge in [-0.2, -0.15) is 0 Å². The summed E-state index contributed by atoms with van der Waals surface area (Å²) in [4.78, 5) is 16.5. The fraction of sp³-hybridized carbons (Fsp3) is 0.0833. The van der Waals surface area contributed by atoms with Crippen molar-refractivity contribution in [1.82, 2.24) is 4.98 Å². The van der Waals surface area contributed by atoms with E-state index in [9.17, 15) is 9.90 Å². The molecule has 4 rings (SSSR count). The first kappa shape index (κ1) is 17.0. The summed E-state index contributed by atoms with van der Waals surface area (Å²) < 4.78 is 0. The van der Waals surface area contributed by atoms with E-state index >= 15 is 0 Å². The molecule has 3 heteroatoms. The Morgan fingerprint density at radius 3 is 2.30 bits per heavy atom. The SMILES string of the molecule is Cc1cccc2c(C(=O)O)cc(-c3ccc(Cc4ccccc4)cc3)nc12. The normalized spacial score (nSPS) is 10.9. The van der Waals surface area contributed by atoms with Crippen LogP contribution in [0.3, 0.4) is 0 Å². The molecule has 0 saturated carbocycles. The Hall–Kier alpha value is -3.46. The maximum Gasteiger partial charge on any atom is 0.336 e. The van der Waals surface area contributed by atoms with Gasteiger partial charge in [0, 0.05) is 10.9 Å². The molecule has 0 aliphatic carbocycles. The van der Waals surface area contributed by atoms with Crippen LogP contribution >= 0.6 is 0 Å². The van der Waals surface area contributed by atoms with Crippen molar-refractivity contribution in [1.29, 1.82) is 0 Å². The minimum absolute atomic E-state index is 0.284. The van der Waals surface area contributed by atoms with E-state index in [0.29, 0.717) is 11.1 Å². The van der Waals surface area contributed by atoms with Crippen LogP contribution in [0.2, 0.25) is 0 Å². The van der Waals surface area contributed by atoms with Crippen LogP contribution < -0.4 is 0 Å². The van der Waals surface area contributed by atoms with E-state index < -0.39 is 5.97 Å². The van der Waals surface area contributed by atoms with Gasteiger partial charge in [-0.1, -0.05) is 72.8 Å². The fourth-order valence-electron chi connectivity index (χ4n) is 3.34. The van der Waals surface area contributed by atoms with Crippen LogP contribution in [0, 0.1) is 6.92 Å². The number of para-hydroxylation sites is 1. The number of aryl methyl sites for hydroxylation is 1. The molecule has 1 heterocycles. The van der Waals surface area contributed by atoms with Gasteiger partial charge in [-0.3, -0.25) is 0 Å². The average molecular weight is 353 g/mol. The number of carboxylic acids is 1. The van der Waals surface area contributed by atoms with Crippen molar-refractivity contribution < 1.29 is 9.90 Å². The zero-order valence-corrected chi connectivity index (χ0v) is 15.0. The Balaban J connectivity index is 1.74. The highest BCUT2D eigenvalue weighted by Gasteiger charge is 2.14. The minimum atomic E-state index is -0.935. The molecule has 0 amide bonds. The molecule has 0 saturated heterocycles. The number of fused-ring (bicyclic) bond motifs is 1. The van der Waals surface area contributed by atoms with Gasteiger partial charge in [-0.15, -0.1) is 0 Å². The van der Waals surface area contributed by atoms with E-state index in [-0.39, 0.29) is 5.56 Å². The van der Waals surface area contributed by atoms with Gasteiger partial charge in [-0.05, 0) is 36.1 Å². The highest BCUT2D eigenvalue weighted by Crippen LogP contribution is 2.27. The maximum atomic E-state index is 11.7. The van der Waals surface area contributed by atoms with Gasteiger partial charge in [0.1, 0.15) is 0 Å². The van der Waals surface area contributed by atoms with Crippen molar-refractivity contribution in [3.05, 3.63) is 101 Å². The van der Waals surface area contributed by atoms with Crippen LogP contribution in [0.5, 0.6) is 0 Å². The van der Waals surface area contributed by atoms with Crippen molar-refractivity contribution in [3.63, 3.8) is 0 Å². The van der Waals surface area contributed by atoms with Crippen LogP contribution in [0.25, 0.3) is 22.2 Å². The average Bonchev–Trinajstić information content (AvgIpc) is 2.69. The van der Waals surface area contributed by atoms with E-state index in [4.69, 9.17) is 4.98 Å². The number of aromatic nitrogens is 1. The highest BCUT2D eigenvalue weighted by atomic mass is 16.4. The lowest BCUT2D eigenvalue weighted by atomic mass is 10.00. The lowest BCUT2D eigenvalue weighted by Crippen LogP contribution is -2.01. The zero-order chi connectivity index (χ0) is 18.8. The van der Waals surface area contributed by atoms with Gasteiger partial charge >= 0.3 is 5.97 Å². The van der Waals surface area contributed by atoms with Crippen LogP contribution in [0.15, 0.2) is 78.9 Å². The molecule has 132 valence electrons. The first-order chi connectivity index (χ1) is 13.1. The van der Waals surface area contributed by atoms with Crippen molar-refractivity contribution in [2.24, 2.45) is 0 Å². The summed E-state index contributed by atoms with van der Waals surface area (Å²) in [6, 6.07) is 25.8. The van der Waals surface area contributed by atoms with Gasteiger partial charge in [0.15, 0.2) is 0 Å². The quantitative estimate of drug-likeness (QED) is 0.527. The molecule has 0 atom stereocenters. The second kappa shape index (κ2) is 7.04. The molecule has 0 fully saturated rings. The predicted octanol–water partition coefficient (Wildman–Crippen LogP) is 5.50. The largest absolute Gasteiger partial charge is 0.478 e. The van der Waals surface area contributed by atoms with Crippen molar-refractivity contribution in [3.8, 4) is 11.3 Å². The van der Waals surface area contributed by atoms with Crippen molar-refractivity contribution in [2.45, 2.75) is 13.3 Å².